The summed E-state index contributed by atoms with van der Waals surface area (Å²) in [4.78, 5) is 12.9. The third kappa shape index (κ3) is 2.00. The molecule has 1 aliphatic rings. The van der Waals surface area contributed by atoms with E-state index >= 15 is 0 Å². The van der Waals surface area contributed by atoms with Crippen LogP contribution in [-0.2, 0) is 4.79 Å². The monoisotopic (exact) mass is 211 g/mol. The lowest BCUT2D eigenvalue weighted by molar-refractivity contribution is -0.122. The molecule has 0 spiro atoms. The second-order valence-electron chi connectivity index (χ2n) is 3.61. The van der Waals surface area contributed by atoms with Gasteiger partial charge in [-0.15, -0.1) is 0 Å². The zero-order chi connectivity index (χ0) is 10.8. The Balaban J connectivity index is 2.07. The molecule has 1 fully saturated rings. The lowest BCUT2D eigenvalue weighted by Gasteiger charge is -2.29. The number of amides is 1. The summed E-state index contributed by atoms with van der Waals surface area (Å²) >= 11 is 0. The van der Waals surface area contributed by atoms with Gasteiger partial charge in [0, 0.05) is 13.1 Å². The molecule has 82 valence electrons. The van der Waals surface area contributed by atoms with Gasteiger partial charge in [-0.1, -0.05) is 10.2 Å². The number of nitrogen functional groups attached to an aromatic ring is 1. The van der Waals surface area contributed by atoms with Gasteiger partial charge in [-0.3, -0.25) is 4.79 Å². The highest BCUT2D eigenvalue weighted by Gasteiger charge is 2.26. The number of nitrogens with zero attached hydrogens (tertiary/aromatic N) is 3. The fraction of sp³-hybridized carbons (Fsp3) is 0.625. The smallest absolute Gasteiger partial charge is 0.319 e. The van der Waals surface area contributed by atoms with E-state index in [0.717, 1.165) is 19.4 Å². The molecule has 2 rings (SSSR count). The highest BCUT2D eigenvalue weighted by Crippen LogP contribution is 2.22. The topological polar surface area (TPSA) is 111 Å². The van der Waals surface area contributed by atoms with E-state index in [4.69, 9.17) is 15.9 Å². The molecule has 1 amide bonds. The Bertz CT molecular complexity index is 364. The summed E-state index contributed by atoms with van der Waals surface area (Å²) in [5.74, 6) is -0.431. The van der Waals surface area contributed by atoms with Crippen molar-refractivity contribution in [2.24, 2.45) is 11.7 Å². The Kier molecular flexibility index (Phi) is 2.44. The standard InChI is InChI=1S/C8H13N5O2/c9-6(14)5-2-1-3-13(4-5)8-12-11-7(10)15-8/h5H,1-4H2,(H2,9,14)(H2,10,11). The van der Waals surface area contributed by atoms with Gasteiger partial charge in [-0.25, -0.2) is 0 Å². The third-order valence-corrected chi connectivity index (χ3v) is 2.52. The molecule has 0 aromatic carbocycles. The lowest BCUT2D eigenvalue weighted by Crippen LogP contribution is -2.41. The molecule has 1 aromatic rings. The maximum Gasteiger partial charge on any atom is 0.319 e. The minimum Gasteiger partial charge on any atom is -0.390 e. The summed E-state index contributed by atoms with van der Waals surface area (Å²) in [7, 11) is 0. The van der Waals surface area contributed by atoms with Crippen LogP contribution in [0.1, 0.15) is 12.8 Å². The van der Waals surface area contributed by atoms with Crippen molar-refractivity contribution in [2.75, 3.05) is 23.7 Å². The predicted molar refractivity (Wildman–Crippen MR) is 52.8 cm³/mol. The Morgan fingerprint density at radius 2 is 2.33 bits per heavy atom. The molecule has 1 atom stereocenters. The molecule has 0 bridgehead atoms. The van der Waals surface area contributed by atoms with Crippen LogP contribution in [0.25, 0.3) is 0 Å². The van der Waals surface area contributed by atoms with E-state index in [2.05, 4.69) is 10.2 Å². The first kappa shape index (κ1) is 9.75. The molecule has 1 unspecified atom stereocenters. The highest BCUT2D eigenvalue weighted by atomic mass is 16.4. The number of rotatable bonds is 2. The lowest BCUT2D eigenvalue weighted by atomic mass is 9.98. The molecule has 0 radical (unpaired) electrons. The van der Waals surface area contributed by atoms with Gasteiger partial charge in [0.2, 0.25) is 5.91 Å². The molecule has 4 N–H and O–H groups in total. The minimum atomic E-state index is -0.285. The van der Waals surface area contributed by atoms with Crippen LogP contribution in [0.2, 0.25) is 0 Å². The van der Waals surface area contributed by atoms with Crippen LogP contribution in [0.5, 0.6) is 0 Å². The van der Waals surface area contributed by atoms with E-state index in [1.807, 2.05) is 4.90 Å². The first-order valence-corrected chi connectivity index (χ1v) is 4.80. The van der Waals surface area contributed by atoms with Crippen molar-refractivity contribution < 1.29 is 9.21 Å². The number of hydrogen-bond donors (Lipinski definition) is 2. The molecule has 7 nitrogen and oxygen atoms in total. The quantitative estimate of drug-likeness (QED) is 0.672. The molecular weight excluding hydrogens is 198 g/mol. The van der Waals surface area contributed by atoms with Crippen molar-refractivity contribution >= 4 is 17.9 Å². The van der Waals surface area contributed by atoms with Gasteiger partial charge in [0.15, 0.2) is 0 Å². The van der Waals surface area contributed by atoms with E-state index < -0.39 is 0 Å². The normalized spacial score (nSPS) is 21.6. The van der Waals surface area contributed by atoms with E-state index in [1.165, 1.54) is 0 Å². The average Bonchev–Trinajstić information content (AvgIpc) is 2.65. The average molecular weight is 211 g/mol. The van der Waals surface area contributed by atoms with Crippen molar-refractivity contribution in [3.05, 3.63) is 0 Å². The summed E-state index contributed by atoms with van der Waals surface area (Å²) in [6.07, 6.45) is 1.70. The summed E-state index contributed by atoms with van der Waals surface area (Å²) in [6.45, 7) is 1.31. The Morgan fingerprint density at radius 1 is 1.53 bits per heavy atom. The number of carbonyl (C=O) groups is 1. The Hall–Kier alpha value is -1.79. The van der Waals surface area contributed by atoms with E-state index in [0.29, 0.717) is 12.6 Å². The SMILES string of the molecule is NC(=O)C1CCCN(c2nnc(N)o2)C1. The van der Waals surface area contributed by atoms with Gasteiger partial charge in [0.1, 0.15) is 0 Å². The third-order valence-electron chi connectivity index (χ3n) is 2.52. The molecule has 1 aromatic heterocycles. The van der Waals surface area contributed by atoms with Gasteiger partial charge in [0.25, 0.3) is 0 Å². The maximum atomic E-state index is 11.0. The van der Waals surface area contributed by atoms with E-state index in [1.54, 1.807) is 0 Å². The highest BCUT2D eigenvalue weighted by molar-refractivity contribution is 5.77. The zero-order valence-electron chi connectivity index (χ0n) is 8.22. The number of primary amides is 1. The number of anilines is 2. The maximum absolute atomic E-state index is 11.0. The van der Waals surface area contributed by atoms with Crippen LogP contribution in [0.3, 0.4) is 0 Å². The van der Waals surface area contributed by atoms with Crippen LogP contribution in [-0.4, -0.2) is 29.2 Å². The minimum absolute atomic E-state index is 0.0335. The number of nitrogens with two attached hydrogens (primary N) is 2. The molecule has 0 aliphatic carbocycles. The molecule has 7 heteroatoms. The molecular formula is C8H13N5O2. The zero-order valence-corrected chi connectivity index (χ0v) is 8.22. The van der Waals surface area contributed by atoms with Crippen LogP contribution < -0.4 is 16.4 Å². The van der Waals surface area contributed by atoms with E-state index in [9.17, 15) is 4.79 Å². The van der Waals surface area contributed by atoms with Gasteiger partial charge in [0.05, 0.1) is 5.92 Å². The molecule has 15 heavy (non-hydrogen) atoms. The van der Waals surface area contributed by atoms with Gasteiger partial charge in [-0.05, 0) is 12.8 Å². The van der Waals surface area contributed by atoms with Gasteiger partial charge < -0.3 is 20.8 Å². The van der Waals surface area contributed by atoms with Crippen LogP contribution in [0.4, 0.5) is 12.0 Å². The molecule has 1 saturated heterocycles. The Morgan fingerprint density at radius 3 is 2.93 bits per heavy atom. The van der Waals surface area contributed by atoms with Gasteiger partial charge in [-0.2, -0.15) is 0 Å². The molecule has 2 heterocycles. The largest absolute Gasteiger partial charge is 0.390 e. The number of hydrogen-bond acceptors (Lipinski definition) is 6. The van der Waals surface area contributed by atoms with Crippen LogP contribution >= 0.6 is 0 Å². The Labute approximate surface area is 86.4 Å². The van der Waals surface area contributed by atoms with Gasteiger partial charge >= 0.3 is 12.0 Å². The van der Waals surface area contributed by atoms with Crippen molar-refractivity contribution in [3.63, 3.8) is 0 Å². The first-order valence-electron chi connectivity index (χ1n) is 4.80. The van der Waals surface area contributed by atoms with Crippen molar-refractivity contribution in [1.82, 2.24) is 10.2 Å². The number of aromatic nitrogens is 2. The summed E-state index contributed by atoms with van der Waals surface area (Å²) in [5.41, 5.74) is 10.6. The van der Waals surface area contributed by atoms with Crippen LogP contribution in [0, 0.1) is 5.92 Å². The van der Waals surface area contributed by atoms with Crippen molar-refractivity contribution in [3.8, 4) is 0 Å². The first-order chi connectivity index (χ1) is 7.16. The summed E-state index contributed by atoms with van der Waals surface area (Å²) in [5, 5.41) is 7.33. The molecule has 0 saturated carbocycles. The number of carbonyl (C=O) groups excluding carboxylic acids is 1. The van der Waals surface area contributed by atoms with Crippen molar-refractivity contribution in [2.45, 2.75) is 12.8 Å². The van der Waals surface area contributed by atoms with Crippen molar-refractivity contribution in [1.29, 1.82) is 0 Å². The predicted octanol–water partition coefficient (Wildman–Crippen LogP) is -0.647. The fourth-order valence-corrected chi connectivity index (χ4v) is 1.74. The summed E-state index contributed by atoms with van der Waals surface area (Å²) in [6, 6.07) is 0.393. The van der Waals surface area contributed by atoms with E-state index in [-0.39, 0.29) is 17.8 Å². The fourth-order valence-electron chi connectivity index (χ4n) is 1.74. The molecule has 1 aliphatic heterocycles. The summed E-state index contributed by atoms with van der Waals surface area (Å²) < 4.78 is 5.08. The van der Waals surface area contributed by atoms with Crippen LogP contribution in [0.15, 0.2) is 4.42 Å². The second-order valence-corrected chi connectivity index (χ2v) is 3.61. The second kappa shape index (κ2) is 3.76. The number of piperidine rings is 1.